The van der Waals surface area contributed by atoms with Crippen LogP contribution in [0.25, 0.3) is 0 Å². The summed E-state index contributed by atoms with van der Waals surface area (Å²) in [7, 11) is 0. The summed E-state index contributed by atoms with van der Waals surface area (Å²) in [5.74, 6) is 1.50. The lowest BCUT2D eigenvalue weighted by molar-refractivity contribution is -0.119. The highest BCUT2D eigenvalue weighted by molar-refractivity contribution is 7.99. The lowest BCUT2D eigenvalue weighted by Crippen LogP contribution is -2.32. The molecular formula is C15H21NO2S. The van der Waals surface area contributed by atoms with Crippen LogP contribution in [0.1, 0.15) is 24.0 Å². The standard InChI is InChI=1S/C15H21NO2S/c1-12-4-6-13(7-5-12)10-19-11-15(17)16-9-14-3-2-8-18-14/h4-7,14H,2-3,8-11H2,1H3,(H,16,17)/t14-/m1/s1. The predicted octanol–water partition coefficient (Wildman–Crippen LogP) is 2.52. The number of rotatable bonds is 6. The summed E-state index contributed by atoms with van der Waals surface area (Å²) in [6.07, 6.45) is 2.41. The fourth-order valence-corrected chi connectivity index (χ4v) is 2.85. The van der Waals surface area contributed by atoms with Crippen LogP contribution in [0.2, 0.25) is 0 Å². The van der Waals surface area contributed by atoms with Gasteiger partial charge in [0.15, 0.2) is 0 Å². The number of ether oxygens (including phenoxy) is 1. The second kappa shape index (κ2) is 7.56. The molecule has 0 radical (unpaired) electrons. The predicted molar refractivity (Wildman–Crippen MR) is 79.3 cm³/mol. The molecule has 1 aromatic carbocycles. The third-order valence-electron chi connectivity index (χ3n) is 3.17. The molecule has 1 heterocycles. The van der Waals surface area contributed by atoms with Crippen LogP contribution < -0.4 is 5.32 Å². The molecule has 1 fully saturated rings. The average Bonchev–Trinajstić information content (AvgIpc) is 2.92. The first kappa shape index (κ1) is 14.4. The van der Waals surface area contributed by atoms with Gasteiger partial charge in [-0.05, 0) is 25.3 Å². The summed E-state index contributed by atoms with van der Waals surface area (Å²) >= 11 is 1.65. The molecule has 1 N–H and O–H groups in total. The first-order valence-electron chi connectivity index (χ1n) is 6.75. The van der Waals surface area contributed by atoms with E-state index in [-0.39, 0.29) is 12.0 Å². The number of carbonyl (C=O) groups is 1. The van der Waals surface area contributed by atoms with E-state index in [9.17, 15) is 4.79 Å². The molecule has 1 amide bonds. The topological polar surface area (TPSA) is 38.3 Å². The number of thioether (sulfide) groups is 1. The van der Waals surface area contributed by atoms with Crippen LogP contribution in [-0.4, -0.2) is 30.9 Å². The third kappa shape index (κ3) is 5.25. The zero-order valence-electron chi connectivity index (χ0n) is 11.4. The molecule has 104 valence electrons. The molecule has 3 nitrogen and oxygen atoms in total. The monoisotopic (exact) mass is 279 g/mol. The Morgan fingerprint density at radius 1 is 1.42 bits per heavy atom. The van der Waals surface area contributed by atoms with Crippen molar-refractivity contribution in [3.63, 3.8) is 0 Å². The van der Waals surface area contributed by atoms with Gasteiger partial charge in [0.1, 0.15) is 0 Å². The number of hydrogen-bond donors (Lipinski definition) is 1. The Bertz CT molecular complexity index is 399. The Hall–Kier alpha value is -1.00. The average molecular weight is 279 g/mol. The zero-order chi connectivity index (χ0) is 13.5. The van der Waals surface area contributed by atoms with Gasteiger partial charge in [-0.2, -0.15) is 0 Å². The maximum atomic E-state index is 11.7. The first-order chi connectivity index (χ1) is 9.24. The van der Waals surface area contributed by atoms with Crippen LogP contribution in [0.4, 0.5) is 0 Å². The number of hydrogen-bond acceptors (Lipinski definition) is 3. The molecule has 0 bridgehead atoms. The van der Waals surface area contributed by atoms with Gasteiger partial charge in [-0.25, -0.2) is 0 Å². The molecule has 4 heteroatoms. The maximum absolute atomic E-state index is 11.7. The normalized spacial score (nSPS) is 18.5. The molecule has 1 aliphatic heterocycles. The van der Waals surface area contributed by atoms with Gasteiger partial charge in [0.2, 0.25) is 5.91 Å². The molecule has 1 aromatic rings. The highest BCUT2D eigenvalue weighted by Crippen LogP contribution is 2.13. The molecule has 0 aliphatic carbocycles. The summed E-state index contributed by atoms with van der Waals surface area (Å²) in [5.41, 5.74) is 2.53. The van der Waals surface area contributed by atoms with Crippen molar-refractivity contribution in [2.75, 3.05) is 18.9 Å². The lowest BCUT2D eigenvalue weighted by atomic mass is 10.2. The van der Waals surface area contributed by atoms with Gasteiger partial charge in [-0.3, -0.25) is 4.79 Å². The Morgan fingerprint density at radius 2 is 2.21 bits per heavy atom. The van der Waals surface area contributed by atoms with Crippen molar-refractivity contribution in [3.05, 3.63) is 35.4 Å². The largest absolute Gasteiger partial charge is 0.376 e. The van der Waals surface area contributed by atoms with E-state index in [1.54, 1.807) is 11.8 Å². The Balaban J connectivity index is 1.59. The van der Waals surface area contributed by atoms with Crippen molar-refractivity contribution >= 4 is 17.7 Å². The van der Waals surface area contributed by atoms with Crippen molar-refractivity contribution in [1.82, 2.24) is 5.32 Å². The minimum absolute atomic E-state index is 0.104. The summed E-state index contributed by atoms with van der Waals surface area (Å²) in [6, 6.07) is 8.44. The Morgan fingerprint density at radius 3 is 2.89 bits per heavy atom. The van der Waals surface area contributed by atoms with Crippen LogP contribution in [0.5, 0.6) is 0 Å². The van der Waals surface area contributed by atoms with E-state index in [4.69, 9.17) is 4.74 Å². The van der Waals surface area contributed by atoms with Crippen LogP contribution in [0.3, 0.4) is 0 Å². The summed E-state index contributed by atoms with van der Waals surface area (Å²) < 4.78 is 5.47. The molecule has 1 aliphatic rings. The van der Waals surface area contributed by atoms with Crippen molar-refractivity contribution in [2.45, 2.75) is 31.6 Å². The van der Waals surface area contributed by atoms with Gasteiger partial charge in [0.05, 0.1) is 11.9 Å². The SMILES string of the molecule is Cc1ccc(CSCC(=O)NC[C@H]2CCCO2)cc1. The van der Waals surface area contributed by atoms with Crippen LogP contribution in [0.15, 0.2) is 24.3 Å². The highest BCUT2D eigenvalue weighted by atomic mass is 32.2. The number of amides is 1. The second-order valence-corrected chi connectivity index (χ2v) is 5.90. The molecule has 1 saturated heterocycles. The Kier molecular flexibility index (Phi) is 5.73. The molecular weight excluding hydrogens is 258 g/mol. The van der Waals surface area contributed by atoms with Gasteiger partial charge in [-0.1, -0.05) is 29.8 Å². The number of carbonyl (C=O) groups excluding carboxylic acids is 1. The number of aryl methyl sites for hydroxylation is 1. The van der Waals surface area contributed by atoms with Crippen LogP contribution in [0, 0.1) is 6.92 Å². The van der Waals surface area contributed by atoms with Gasteiger partial charge in [-0.15, -0.1) is 11.8 Å². The fourth-order valence-electron chi connectivity index (χ4n) is 2.03. The molecule has 1 atom stereocenters. The lowest BCUT2D eigenvalue weighted by Gasteiger charge is -2.10. The van der Waals surface area contributed by atoms with Gasteiger partial charge in [0.25, 0.3) is 0 Å². The van der Waals surface area contributed by atoms with Crippen molar-refractivity contribution in [2.24, 2.45) is 0 Å². The minimum atomic E-state index is 0.104. The van der Waals surface area contributed by atoms with Crippen molar-refractivity contribution in [1.29, 1.82) is 0 Å². The molecule has 0 spiro atoms. The first-order valence-corrected chi connectivity index (χ1v) is 7.91. The number of benzene rings is 1. The minimum Gasteiger partial charge on any atom is -0.376 e. The van der Waals surface area contributed by atoms with E-state index in [2.05, 4.69) is 36.5 Å². The fraction of sp³-hybridized carbons (Fsp3) is 0.533. The third-order valence-corrected chi connectivity index (χ3v) is 4.18. The molecule has 19 heavy (non-hydrogen) atoms. The van der Waals surface area contributed by atoms with E-state index >= 15 is 0 Å². The van der Waals surface area contributed by atoms with E-state index in [1.165, 1.54) is 11.1 Å². The summed E-state index contributed by atoms with van der Waals surface area (Å²) in [6.45, 7) is 3.57. The summed E-state index contributed by atoms with van der Waals surface area (Å²) in [5, 5.41) is 2.94. The molecule has 0 unspecified atom stereocenters. The van der Waals surface area contributed by atoms with E-state index in [1.807, 2.05) is 0 Å². The molecule has 0 saturated carbocycles. The maximum Gasteiger partial charge on any atom is 0.230 e. The van der Waals surface area contributed by atoms with Crippen molar-refractivity contribution in [3.8, 4) is 0 Å². The van der Waals surface area contributed by atoms with Gasteiger partial charge in [0, 0.05) is 18.9 Å². The molecule has 2 rings (SSSR count). The van der Waals surface area contributed by atoms with Crippen LogP contribution >= 0.6 is 11.8 Å². The van der Waals surface area contributed by atoms with E-state index < -0.39 is 0 Å². The second-order valence-electron chi connectivity index (χ2n) is 4.92. The van der Waals surface area contributed by atoms with Gasteiger partial charge >= 0.3 is 0 Å². The van der Waals surface area contributed by atoms with Crippen molar-refractivity contribution < 1.29 is 9.53 Å². The van der Waals surface area contributed by atoms with Gasteiger partial charge < -0.3 is 10.1 Å². The van der Waals surface area contributed by atoms with E-state index in [0.29, 0.717) is 12.3 Å². The van der Waals surface area contributed by atoms with Crippen LogP contribution in [-0.2, 0) is 15.3 Å². The highest BCUT2D eigenvalue weighted by Gasteiger charge is 2.15. The zero-order valence-corrected chi connectivity index (χ0v) is 12.2. The summed E-state index contributed by atoms with van der Waals surface area (Å²) in [4.78, 5) is 11.7. The van der Waals surface area contributed by atoms with E-state index in [0.717, 1.165) is 25.2 Å². The smallest absolute Gasteiger partial charge is 0.230 e. The Labute approximate surface area is 119 Å². The number of nitrogens with one attached hydrogen (secondary N) is 1. The molecule has 0 aromatic heterocycles. The quantitative estimate of drug-likeness (QED) is 0.869.